The van der Waals surface area contributed by atoms with Crippen molar-refractivity contribution in [2.75, 3.05) is 4.90 Å². The average Bonchev–Trinajstić information content (AvgIpc) is 3.61. The van der Waals surface area contributed by atoms with Crippen LogP contribution < -0.4 is 4.90 Å². The third kappa shape index (κ3) is 5.33. The van der Waals surface area contributed by atoms with Crippen LogP contribution in [0.25, 0.3) is 75.1 Å². The normalized spacial score (nSPS) is 11.5. The van der Waals surface area contributed by atoms with Gasteiger partial charge in [-0.3, -0.25) is 0 Å². The molecule has 0 aliphatic heterocycles. The summed E-state index contributed by atoms with van der Waals surface area (Å²) in [6.07, 6.45) is 0. The fourth-order valence-corrected chi connectivity index (χ4v) is 8.82. The van der Waals surface area contributed by atoms with Crippen molar-refractivity contribution in [3.05, 3.63) is 200 Å². The van der Waals surface area contributed by atoms with Crippen molar-refractivity contribution in [2.24, 2.45) is 0 Å². The minimum atomic E-state index is 1.11. The number of anilines is 3. The molecule has 0 N–H and O–H groups in total. The van der Waals surface area contributed by atoms with Gasteiger partial charge in [-0.15, -0.1) is 11.3 Å². The Balaban J connectivity index is 1.08. The summed E-state index contributed by atoms with van der Waals surface area (Å²) in [5, 5.41) is 7.77. The molecule has 0 radical (unpaired) electrons. The van der Waals surface area contributed by atoms with E-state index in [1.165, 1.54) is 75.1 Å². The Kier molecular flexibility index (Phi) is 7.41. The monoisotopic (exact) mass is 679 g/mol. The van der Waals surface area contributed by atoms with E-state index in [1.807, 2.05) is 11.3 Å². The van der Waals surface area contributed by atoms with Gasteiger partial charge in [-0.1, -0.05) is 146 Å². The Morgan fingerprint density at radius 3 is 1.69 bits per heavy atom. The van der Waals surface area contributed by atoms with Gasteiger partial charge < -0.3 is 4.90 Å². The molecular weight excluding hydrogens is 647 g/mol. The summed E-state index contributed by atoms with van der Waals surface area (Å²) in [5.41, 5.74) is 10.6. The predicted octanol–water partition coefficient (Wildman–Crippen LogP) is 14.8. The van der Waals surface area contributed by atoms with Crippen LogP contribution in [0.5, 0.6) is 0 Å². The Hall–Kier alpha value is -6.48. The van der Waals surface area contributed by atoms with Gasteiger partial charge in [0, 0.05) is 37.2 Å². The van der Waals surface area contributed by atoms with Gasteiger partial charge >= 0.3 is 0 Å². The molecule has 1 aromatic heterocycles. The number of fused-ring (bicyclic) bond motifs is 6. The lowest BCUT2D eigenvalue weighted by Gasteiger charge is -2.26. The SMILES string of the molecule is c1ccc(-c2ccc(N(c3ccc(-c4ccc5ccc6sc7ccccc7c6c5c4)cc3)c3cccc(-c4cccc5ccccc45)c3)cc2)cc1. The van der Waals surface area contributed by atoms with Crippen molar-refractivity contribution in [3.63, 3.8) is 0 Å². The Labute approximate surface area is 307 Å². The molecule has 52 heavy (non-hydrogen) atoms. The quantitative estimate of drug-likeness (QED) is 0.169. The van der Waals surface area contributed by atoms with Gasteiger partial charge in [0.15, 0.2) is 0 Å². The third-order valence-corrected chi connectivity index (χ3v) is 11.4. The molecule has 9 aromatic carbocycles. The lowest BCUT2D eigenvalue weighted by Crippen LogP contribution is -2.10. The van der Waals surface area contributed by atoms with Crippen molar-refractivity contribution in [3.8, 4) is 33.4 Å². The highest BCUT2D eigenvalue weighted by atomic mass is 32.1. The van der Waals surface area contributed by atoms with Crippen LogP contribution in [0.3, 0.4) is 0 Å². The zero-order valence-corrected chi connectivity index (χ0v) is 29.2. The minimum Gasteiger partial charge on any atom is -0.310 e. The molecule has 1 nitrogen and oxygen atoms in total. The molecule has 0 unspecified atom stereocenters. The zero-order valence-electron chi connectivity index (χ0n) is 28.4. The number of thiophene rings is 1. The second-order valence-electron chi connectivity index (χ2n) is 13.3. The molecule has 0 amide bonds. The lowest BCUT2D eigenvalue weighted by atomic mass is 9.97. The predicted molar refractivity (Wildman–Crippen MR) is 225 cm³/mol. The number of nitrogens with zero attached hydrogens (tertiary/aromatic N) is 1. The van der Waals surface area contributed by atoms with E-state index in [0.29, 0.717) is 0 Å². The van der Waals surface area contributed by atoms with Crippen molar-refractivity contribution in [1.29, 1.82) is 0 Å². The minimum absolute atomic E-state index is 1.11. The van der Waals surface area contributed by atoms with Crippen LogP contribution in [0.2, 0.25) is 0 Å². The third-order valence-electron chi connectivity index (χ3n) is 10.3. The van der Waals surface area contributed by atoms with E-state index in [1.54, 1.807) is 0 Å². The molecule has 0 spiro atoms. The fraction of sp³-hybridized carbons (Fsp3) is 0. The van der Waals surface area contributed by atoms with Crippen LogP contribution >= 0.6 is 11.3 Å². The molecule has 0 atom stereocenters. The highest BCUT2D eigenvalue weighted by molar-refractivity contribution is 7.26. The van der Waals surface area contributed by atoms with Gasteiger partial charge in [-0.05, 0) is 110 Å². The smallest absolute Gasteiger partial charge is 0.0467 e. The Morgan fingerprint density at radius 1 is 0.308 bits per heavy atom. The largest absolute Gasteiger partial charge is 0.310 e. The Bertz CT molecular complexity index is 2880. The molecule has 10 aromatic rings. The summed E-state index contributed by atoms with van der Waals surface area (Å²) in [4.78, 5) is 2.37. The van der Waals surface area contributed by atoms with E-state index in [9.17, 15) is 0 Å². The maximum Gasteiger partial charge on any atom is 0.0467 e. The molecule has 244 valence electrons. The Morgan fingerprint density at radius 2 is 0.885 bits per heavy atom. The molecule has 10 rings (SSSR count). The molecular formula is C50H33NS. The molecule has 2 heteroatoms. The van der Waals surface area contributed by atoms with Gasteiger partial charge in [0.05, 0.1) is 0 Å². The maximum absolute atomic E-state index is 2.37. The molecule has 0 aliphatic rings. The maximum atomic E-state index is 2.37. The average molecular weight is 680 g/mol. The van der Waals surface area contributed by atoms with Crippen molar-refractivity contribution < 1.29 is 0 Å². The van der Waals surface area contributed by atoms with Crippen LogP contribution in [-0.4, -0.2) is 0 Å². The van der Waals surface area contributed by atoms with Crippen LogP contribution in [0.4, 0.5) is 17.1 Å². The summed E-state index contributed by atoms with van der Waals surface area (Å²) in [7, 11) is 0. The first-order valence-electron chi connectivity index (χ1n) is 17.8. The fourth-order valence-electron chi connectivity index (χ4n) is 7.70. The van der Waals surface area contributed by atoms with Gasteiger partial charge in [0.1, 0.15) is 0 Å². The molecule has 1 heterocycles. The topological polar surface area (TPSA) is 3.24 Å². The summed E-state index contributed by atoms with van der Waals surface area (Å²) in [6, 6.07) is 72.9. The van der Waals surface area contributed by atoms with E-state index in [-0.39, 0.29) is 0 Å². The lowest BCUT2D eigenvalue weighted by molar-refractivity contribution is 1.28. The van der Waals surface area contributed by atoms with Gasteiger partial charge in [0.25, 0.3) is 0 Å². The van der Waals surface area contributed by atoms with Crippen LogP contribution in [0, 0.1) is 0 Å². The van der Waals surface area contributed by atoms with E-state index in [2.05, 4.69) is 205 Å². The van der Waals surface area contributed by atoms with Crippen LogP contribution in [0.1, 0.15) is 0 Å². The summed E-state index contributed by atoms with van der Waals surface area (Å²) < 4.78 is 2.67. The summed E-state index contributed by atoms with van der Waals surface area (Å²) in [6.45, 7) is 0. The highest BCUT2D eigenvalue weighted by Gasteiger charge is 2.16. The van der Waals surface area contributed by atoms with Crippen LogP contribution in [0.15, 0.2) is 200 Å². The van der Waals surface area contributed by atoms with Gasteiger partial charge in [-0.25, -0.2) is 0 Å². The molecule has 0 bridgehead atoms. The number of rotatable bonds is 6. The first kappa shape index (κ1) is 30.4. The molecule has 0 aliphatic carbocycles. The standard InChI is InChI=1S/C50H33NS/c1-2-10-34(11-3-1)35-22-27-41(28-23-35)51(43-15-8-14-40(32-43)45-18-9-13-37-12-4-5-16-44(37)45)42-29-24-36(25-30-42)39-21-20-38-26-31-49-50(47(38)33-39)46-17-6-7-19-48(46)52-49/h1-33H. The first-order chi connectivity index (χ1) is 25.8. The van der Waals surface area contributed by atoms with Crippen molar-refractivity contribution in [1.82, 2.24) is 0 Å². The highest BCUT2D eigenvalue weighted by Crippen LogP contribution is 2.42. The van der Waals surface area contributed by atoms with Crippen LogP contribution in [-0.2, 0) is 0 Å². The number of hydrogen-bond donors (Lipinski definition) is 0. The van der Waals surface area contributed by atoms with E-state index >= 15 is 0 Å². The molecule has 0 saturated carbocycles. The zero-order chi connectivity index (χ0) is 34.4. The first-order valence-corrected chi connectivity index (χ1v) is 18.6. The summed E-state index contributed by atoms with van der Waals surface area (Å²) in [5.74, 6) is 0. The molecule has 0 fully saturated rings. The van der Waals surface area contributed by atoms with Crippen molar-refractivity contribution in [2.45, 2.75) is 0 Å². The van der Waals surface area contributed by atoms with Gasteiger partial charge in [-0.2, -0.15) is 0 Å². The number of hydrogen-bond acceptors (Lipinski definition) is 2. The van der Waals surface area contributed by atoms with Gasteiger partial charge in [0.2, 0.25) is 0 Å². The molecule has 0 saturated heterocycles. The van der Waals surface area contributed by atoms with E-state index in [4.69, 9.17) is 0 Å². The second-order valence-corrected chi connectivity index (χ2v) is 14.4. The van der Waals surface area contributed by atoms with E-state index in [0.717, 1.165) is 17.1 Å². The van der Waals surface area contributed by atoms with Crippen molar-refractivity contribution >= 4 is 70.1 Å². The van der Waals surface area contributed by atoms with E-state index < -0.39 is 0 Å². The summed E-state index contributed by atoms with van der Waals surface area (Å²) >= 11 is 1.87. The second kappa shape index (κ2) is 12.7. The number of benzene rings is 9.